The molecular weight excluding hydrogens is 221 g/mol. The molecule has 0 aliphatic carbocycles. The molecule has 0 aromatic heterocycles. The van der Waals surface area contributed by atoms with Crippen LogP contribution in [0, 0.1) is 17.2 Å². The molecule has 2 nitrogen and oxygen atoms in total. The van der Waals surface area contributed by atoms with Gasteiger partial charge in [-0.3, -0.25) is 0 Å². The van der Waals surface area contributed by atoms with Crippen LogP contribution in [0.15, 0.2) is 18.2 Å². The lowest BCUT2D eigenvalue weighted by atomic mass is 9.99. The van der Waals surface area contributed by atoms with Crippen LogP contribution < -0.4 is 0 Å². The molecule has 0 radical (unpaired) electrons. The molecule has 0 saturated heterocycles. The van der Waals surface area contributed by atoms with Crippen LogP contribution >= 0.6 is 23.2 Å². The summed E-state index contributed by atoms with van der Waals surface area (Å²) in [5.41, 5.74) is 0.605. The zero-order chi connectivity index (χ0) is 10.7. The van der Waals surface area contributed by atoms with Crippen molar-refractivity contribution in [1.29, 1.82) is 5.26 Å². The molecule has 0 spiro atoms. The molecule has 0 fully saturated rings. The maximum atomic E-state index is 9.68. The van der Waals surface area contributed by atoms with Crippen molar-refractivity contribution in [3.63, 3.8) is 0 Å². The number of halogens is 2. The molecule has 74 valence electrons. The lowest BCUT2D eigenvalue weighted by Crippen LogP contribution is -2.06. The zero-order valence-electron chi connectivity index (χ0n) is 7.54. The Morgan fingerprint density at radius 1 is 1.36 bits per heavy atom. The van der Waals surface area contributed by atoms with Gasteiger partial charge in [-0.25, -0.2) is 0 Å². The normalized spacial score (nSPS) is 14.5. The van der Waals surface area contributed by atoms with Crippen molar-refractivity contribution < 1.29 is 5.11 Å². The second-order valence-electron chi connectivity index (χ2n) is 3.04. The van der Waals surface area contributed by atoms with Gasteiger partial charge in [0.05, 0.1) is 28.1 Å². The van der Waals surface area contributed by atoms with Crippen molar-refractivity contribution in [2.24, 2.45) is 5.92 Å². The molecule has 0 bridgehead atoms. The SMILES string of the molecule is CC(C#N)C(O)c1ccc(Cl)c(Cl)c1. The van der Waals surface area contributed by atoms with E-state index in [0.717, 1.165) is 0 Å². The highest BCUT2D eigenvalue weighted by Gasteiger charge is 2.16. The zero-order valence-corrected chi connectivity index (χ0v) is 9.05. The fourth-order valence-electron chi connectivity index (χ4n) is 1.06. The van der Waals surface area contributed by atoms with Crippen LogP contribution in [0.2, 0.25) is 10.0 Å². The van der Waals surface area contributed by atoms with E-state index in [0.29, 0.717) is 15.6 Å². The third-order valence-corrected chi connectivity index (χ3v) is 2.70. The number of hydrogen-bond acceptors (Lipinski definition) is 2. The van der Waals surface area contributed by atoms with Gasteiger partial charge >= 0.3 is 0 Å². The smallest absolute Gasteiger partial charge is 0.0945 e. The van der Waals surface area contributed by atoms with E-state index in [1.54, 1.807) is 25.1 Å². The van der Waals surface area contributed by atoms with Crippen molar-refractivity contribution in [3.8, 4) is 6.07 Å². The Morgan fingerprint density at radius 2 is 2.00 bits per heavy atom. The summed E-state index contributed by atoms with van der Waals surface area (Å²) in [6.45, 7) is 1.65. The van der Waals surface area contributed by atoms with Crippen LogP contribution in [-0.4, -0.2) is 5.11 Å². The molecule has 0 amide bonds. The van der Waals surface area contributed by atoms with E-state index in [1.807, 2.05) is 6.07 Å². The van der Waals surface area contributed by atoms with E-state index in [2.05, 4.69) is 0 Å². The van der Waals surface area contributed by atoms with Gasteiger partial charge in [-0.2, -0.15) is 5.26 Å². The standard InChI is InChI=1S/C10H9Cl2NO/c1-6(5-13)10(14)7-2-3-8(11)9(12)4-7/h2-4,6,10,14H,1H3. The summed E-state index contributed by atoms with van der Waals surface area (Å²) in [6, 6.07) is 6.81. The minimum absolute atomic E-state index is 0.383. The van der Waals surface area contributed by atoms with Gasteiger partial charge in [0, 0.05) is 0 Å². The molecule has 0 heterocycles. The molecule has 4 heteroatoms. The molecule has 1 aromatic carbocycles. The van der Waals surface area contributed by atoms with Crippen molar-refractivity contribution in [2.45, 2.75) is 13.0 Å². The molecule has 1 N–H and O–H groups in total. The highest BCUT2D eigenvalue weighted by molar-refractivity contribution is 6.42. The van der Waals surface area contributed by atoms with E-state index in [1.165, 1.54) is 0 Å². The van der Waals surface area contributed by atoms with Gasteiger partial charge in [-0.1, -0.05) is 29.3 Å². The van der Waals surface area contributed by atoms with E-state index in [9.17, 15) is 5.11 Å². The number of benzene rings is 1. The van der Waals surface area contributed by atoms with Crippen LogP contribution in [0.1, 0.15) is 18.6 Å². The topological polar surface area (TPSA) is 44.0 Å². The van der Waals surface area contributed by atoms with Crippen molar-refractivity contribution in [2.75, 3.05) is 0 Å². The first-order chi connectivity index (χ1) is 6.56. The second kappa shape index (κ2) is 4.65. The fraction of sp³-hybridized carbons (Fsp3) is 0.300. The Bertz CT molecular complexity index is 373. The third-order valence-electron chi connectivity index (χ3n) is 1.96. The van der Waals surface area contributed by atoms with Gasteiger partial charge in [0.15, 0.2) is 0 Å². The molecule has 1 rings (SSSR count). The average Bonchev–Trinajstić information content (AvgIpc) is 2.20. The van der Waals surface area contributed by atoms with Crippen LogP contribution in [0.4, 0.5) is 0 Å². The molecule has 1 aromatic rings. The summed E-state index contributed by atoms with van der Waals surface area (Å²) in [7, 11) is 0. The quantitative estimate of drug-likeness (QED) is 0.847. The summed E-state index contributed by atoms with van der Waals surface area (Å²) in [5.74, 6) is -0.466. The molecular formula is C10H9Cl2NO. The maximum Gasteiger partial charge on any atom is 0.0945 e. The summed E-state index contributed by atoms with van der Waals surface area (Å²) < 4.78 is 0. The monoisotopic (exact) mass is 229 g/mol. The summed E-state index contributed by atoms with van der Waals surface area (Å²) in [4.78, 5) is 0. The minimum atomic E-state index is -0.824. The first-order valence-corrected chi connectivity index (χ1v) is 4.84. The Balaban J connectivity index is 2.98. The first-order valence-electron chi connectivity index (χ1n) is 4.09. The van der Waals surface area contributed by atoms with Gasteiger partial charge in [0.2, 0.25) is 0 Å². The Hall–Kier alpha value is -0.750. The van der Waals surface area contributed by atoms with Crippen LogP contribution in [0.3, 0.4) is 0 Å². The third kappa shape index (κ3) is 2.39. The average molecular weight is 230 g/mol. The van der Waals surface area contributed by atoms with E-state index < -0.39 is 12.0 Å². The number of hydrogen-bond donors (Lipinski definition) is 1. The maximum absolute atomic E-state index is 9.68. The lowest BCUT2D eigenvalue weighted by Gasteiger charge is -2.13. The summed E-state index contributed by atoms with van der Waals surface area (Å²) >= 11 is 11.5. The van der Waals surface area contributed by atoms with Crippen LogP contribution in [-0.2, 0) is 0 Å². The number of nitrogens with zero attached hydrogens (tertiary/aromatic N) is 1. The van der Waals surface area contributed by atoms with Gasteiger partial charge in [-0.15, -0.1) is 0 Å². The number of nitriles is 1. The predicted molar refractivity (Wildman–Crippen MR) is 56.2 cm³/mol. The molecule has 2 atom stereocenters. The highest BCUT2D eigenvalue weighted by Crippen LogP contribution is 2.28. The van der Waals surface area contributed by atoms with E-state index >= 15 is 0 Å². The van der Waals surface area contributed by atoms with Gasteiger partial charge in [0.1, 0.15) is 0 Å². The molecule has 0 aliphatic rings. The summed E-state index contributed by atoms with van der Waals surface area (Å²) in [5, 5.41) is 19.1. The molecule has 0 saturated carbocycles. The molecule has 14 heavy (non-hydrogen) atoms. The van der Waals surface area contributed by atoms with Crippen LogP contribution in [0.25, 0.3) is 0 Å². The fourth-order valence-corrected chi connectivity index (χ4v) is 1.36. The van der Waals surface area contributed by atoms with Gasteiger partial charge < -0.3 is 5.11 Å². The van der Waals surface area contributed by atoms with Crippen LogP contribution in [0.5, 0.6) is 0 Å². The minimum Gasteiger partial charge on any atom is -0.387 e. The van der Waals surface area contributed by atoms with E-state index in [-0.39, 0.29) is 0 Å². The molecule has 2 unspecified atom stereocenters. The van der Waals surface area contributed by atoms with Crippen molar-refractivity contribution >= 4 is 23.2 Å². The number of aliphatic hydroxyl groups is 1. The molecule has 0 aliphatic heterocycles. The van der Waals surface area contributed by atoms with E-state index in [4.69, 9.17) is 28.5 Å². The number of aliphatic hydroxyl groups excluding tert-OH is 1. The summed E-state index contributed by atoms with van der Waals surface area (Å²) in [6.07, 6.45) is -0.824. The highest BCUT2D eigenvalue weighted by atomic mass is 35.5. The lowest BCUT2D eigenvalue weighted by molar-refractivity contribution is 0.143. The predicted octanol–water partition coefficient (Wildman–Crippen LogP) is 3.19. The largest absolute Gasteiger partial charge is 0.387 e. The second-order valence-corrected chi connectivity index (χ2v) is 3.85. The van der Waals surface area contributed by atoms with Crippen molar-refractivity contribution in [1.82, 2.24) is 0 Å². The first kappa shape index (κ1) is 11.3. The Labute approximate surface area is 92.7 Å². The van der Waals surface area contributed by atoms with Crippen molar-refractivity contribution in [3.05, 3.63) is 33.8 Å². The number of rotatable bonds is 2. The van der Waals surface area contributed by atoms with Gasteiger partial charge in [-0.05, 0) is 24.6 Å². The Kier molecular flexibility index (Phi) is 3.77. The van der Waals surface area contributed by atoms with Gasteiger partial charge in [0.25, 0.3) is 0 Å². The Morgan fingerprint density at radius 3 is 2.50 bits per heavy atom.